The Morgan fingerprint density at radius 3 is 1.40 bits per heavy atom. The van der Waals surface area contributed by atoms with Crippen LogP contribution in [-0.4, -0.2) is 29.7 Å². The van der Waals surface area contributed by atoms with Crippen molar-refractivity contribution in [2.24, 2.45) is 0 Å². The second-order valence-corrected chi connectivity index (χ2v) is 15.9. The summed E-state index contributed by atoms with van der Waals surface area (Å²) in [6.45, 7) is 19.6. The number of nitrogens with zero attached hydrogens (tertiary/aromatic N) is 2. The van der Waals surface area contributed by atoms with E-state index in [1.165, 1.54) is 39.0 Å². The van der Waals surface area contributed by atoms with Crippen LogP contribution < -0.4 is 5.30 Å². The Hall–Kier alpha value is -4.81. The Balaban J connectivity index is 1.74. The van der Waals surface area contributed by atoms with Crippen molar-refractivity contribution in [1.82, 2.24) is 19.9 Å². The van der Waals surface area contributed by atoms with Crippen LogP contribution in [0.4, 0.5) is 0 Å². The molecule has 0 saturated heterocycles. The minimum absolute atomic E-state index is 0.00377. The molecule has 272 valence electrons. The van der Waals surface area contributed by atoms with E-state index in [-0.39, 0.29) is 5.30 Å². The number of benzene rings is 2. The highest BCUT2D eigenvalue weighted by molar-refractivity contribution is 7.60. The zero-order chi connectivity index (χ0) is 37.9. The first kappa shape index (κ1) is 36.5. The van der Waals surface area contributed by atoms with Crippen LogP contribution in [0.5, 0.6) is 0 Å². The smallest absolute Gasteiger partial charge is 0.354 e. The minimum Gasteiger partial charge on any atom is -0.354 e. The Bertz CT molecular complexity index is 2460. The maximum absolute atomic E-state index is 12.2. The lowest BCUT2D eigenvalue weighted by Gasteiger charge is -2.10. The average Bonchev–Trinajstić information content (AvgIpc) is 3.82. The van der Waals surface area contributed by atoms with E-state index in [0.29, 0.717) is 0 Å². The standard InChI is InChI=1S/C45H49N4O3P/c1-10-32-25(6)42-40(29-16-14-24(5)15-17-29)43-26(7)33(11-2)37(47-43)23-39-35(13-4)28(9)45(49-39)41(30-18-20-31(21-19-30)53(50,51)52)44-27(8)34(12-3)38(48-44)22-36(32)46-42/h14-23,48-49H,10-13H2,1-9H3,(H2,50,51,52). The summed E-state index contributed by atoms with van der Waals surface area (Å²) in [7, 11) is -4.41. The molecule has 3 aromatic heterocycles. The molecule has 4 N–H and O–H groups in total. The third kappa shape index (κ3) is 6.15. The van der Waals surface area contributed by atoms with Crippen molar-refractivity contribution in [3.63, 3.8) is 0 Å². The Morgan fingerprint density at radius 1 is 0.585 bits per heavy atom. The maximum Gasteiger partial charge on any atom is 0.356 e. The summed E-state index contributed by atoms with van der Waals surface area (Å²) >= 11 is 0. The Kier molecular flexibility index (Phi) is 9.57. The van der Waals surface area contributed by atoms with Gasteiger partial charge in [-0.2, -0.15) is 0 Å². The molecule has 0 saturated carbocycles. The quantitative estimate of drug-likeness (QED) is 0.125. The first-order chi connectivity index (χ1) is 25.3. The summed E-state index contributed by atoms with van der Waals surface area (Å²) in [5.74, 6) is 0. The van der Waals surface area contributed by atoms with E-state index in [0.717, 1.165) is 104 Å². The van der Waals surface area contributed by atoms with Gasteiger partial charge in [0.2, 0.25) is 0 Å². The predicted octanol–water partition coefficient (Wildman–Crippen LogP) is 11.2. The Morgan fingerprint density at radius 2 is 1.00 bits per heavy atom. The Labute approximate surface area is 312 Å². The number of aromatic amines is 2. The zero-order valence-corrected chi connectivity index (χ0v) is 33.1. The number of fused-ring (bicyclic) bond motifs is 8. The van der Waals surface area contributed by atoms with Crippen LogP contribution in [0, 0.1) is 20.8 Å². The molecule has 0 atom stereocenters. The molecule has 2 aliphatic rings. The summed E-state index contributed by atoms with van der Waals surface area (Å²) in [5, 5.41) is -0.00377. The molecule has 0 amide bonds. The highest BCUT2D eigenvalue weighted by Crippen LogP contribution is 2.44. The molecular weight excluding hydrogens is 675 g/mol. The van der Waals surface area contributed by atoms with Gasteiger partial charge in [0.15, 0.2) is 0 Å². The minimum atomic E-state index is -4.41. The van der Waals surface area contributed by atoms with Gasteiger partial charge < -0.3 is 19.8 Å². The summed E-state index contributed by atoms with van der Waals surface area (Å²) in [5.41, 5.74) is 22.4. The van der Waals surface area contributed by atoms with Crippen LogP contribution in [0.1, 0.15) is 105 Å². The monoisotopic (exact) mass is 724 g/mol. The number of H-pyrrole nitrogens is 2. The van der Waals surface area contributed by atoms with Crippen molar-refractivity contribution >= 4 is 57.3 Å². The number of hydrogen-bond acceptors (Lipinski definition) is 3. The van der Waals surface area contributed by atoms with Crippen LogP contribution in [-0.2, 0) is 17.4 Å². The number of aryl methyl sites for hydroxylation is 5. The van der Waals surface area contributed by atoms with Crippen molar-refractivity contribution in [2.75, 3.05) is 0 Å². The molecule has 0 radical (unpaired) electrons. The van der Waals surface area contributed by atoms with E-state index in [4.69, 9.17) is 9.97 Å². The van der Waals surface area contributed by atoms with E-state index in [1.54, 1.807) is 12.1 Å². The molecule has 8 bridgehead atoms. The normalized spacial score (nSPS) is 13.4. The van der Waals surface area contributed by atoms with Gasteiger partial charge in [0.05, 0.1) is 39.1 Å². The van der Waals surface area contributed by atoms with Gasteiger partial charge in [0.25, 0.3) is 0 Å². The molecule has 7 rings (SSSR count). The van der Waals surface area contributed by atoms with Gasteiger partial charge in [-0.3, -0.25) is 4.57 Å². The van der Waals surface area contributed by atoms with Gasteiger partial charge in [-0.1, -0.05) is 69.7 Å². The number of allylic oxidation sites excluding steroid dienone is 4. The zero-order valence-electron chi connectivity index (χ0n) is 32.2. The van der Waals surface area contributed by atoms with Crippen LogP contribution in [0.25, 0.3) is 66.6 Å². The third-order valence-electron chi connectivity index (χ3n) is 11.3. The van der Waals surface area contributed by atoms with Gasteiger partial charge in [-0.05, 0) is 140 Å². The summed E-state index contributed by atoms with van der Waals surface area (Å²) in [6, 6.07) is 19.9. The summed E-state index contributed by atoms with van der Waals surface area (Å²) < 4.78 is 12.2. The molecule has 5 heterocycles. The van der Waals surface area contributed by atoms with Gasteiger partial charge in [-0.25, -0.2) is 9.97 Å². The first-order valence-electron chi connectivity index (χ1n) is 18.7. The predicted molar refractivity (Wildman–Crippen MR) is 222 cm³/mol. The lowest BCUT2D eigenvalue weighted by Crippen LogP contribution is -2.02. The number of nitrogens with one attached hydrogen (secondary N) is 2. The topological polar surface area (TPSA) is 115 Å². The number of aromatic nitrogens is 4. The summed E-state index contributed by atoms with van der Waals surface area (Å²) in [6.07, 6.45) is 3.30. The van der Waals surface area contributed by atoms with Crippen LogP contribution in [0.15, 0.2) is 60.7 Å². The fourth-order valence-corrected chi connectivity index (χ4v) is 8.96. The van der Waals surface area contributed by atoms with E-state index < -0.39 is 7.60 Å². The van der Waals surface area contributed by atoms with Gasteiger partial charge >= 0.3 is 7.60 Å². The fraction of sp³-hybridized carbons (Fsp3) is 0.289. The van der Waals surface area contributed by atoms with Gasteiger partial charge in [0, 0.05) is 22.2 Å². The van der Waals surface area contributed by atoms with E-state index in [2.05, 4.69) is 109 Å². The van der Waals surface area contributed by atoms with E-state index in [1.807, 2.05) is 12.1 Å². The maximum atomic E-state index is 12.2. The van der Waals surface area contributed by atoms with Crippen molar-refractivity contribution in [3.8, 4) is 22.3 Å². The lowest BCUT2D eigenvalue weighted by atomic mass is 9.93. The molecule has 53 heavy (non-hydrogen) atoms. The highest BCUT2D eigenvalue weighted by atomic mass is 31.2. The van der Waals surface area contributed by atoms with Crippen LogP contribution in [0.3, 0.4) is 0 Å². The van der Waals surface area contributed by atoms with Crippen molar-refractivity contribution < 1.29 is 14.4 Å². The highest BCUT2D eigenvalue weighted by Gasteiger charge is 2.27. The molecule has 2 aliphatic heterocycles. The molecule has 7 nitrogen and oxygen atoms in total. The molecular formula is C45H49N4O3P. The third-order valence-corrected chi connectivity index (χ3v) is 12.3. The second kappa shape index (κ2) is 13.9. The molecule has 0 fully saturated rings. The van der Waals surface area contributed by atoms with Crippen LogP contribution >= 0.6 is 7.60 Å². The summed E-state index contributed by atoms with van der Waals surface area (Å²) in [4.78, 5) is 38.5. The van der Waals surface area contributed by atoms with Gasteiger partial charge in [0.1, 0.15) is 0 Å². The molecule has 0 spiro atoms. The second-order valence-electron chi connectivity index (χ2n) is 14.3. The van der Waals surface area contributed by atoms with E-state index in [9.17, 15) is 14.4 Å². The lowest BCUT2D eigenvalue weighted by molar-refractivity contribution is 0.387. The van der Waals surface area contributed by atoms with Crippen molar-refractivity contribution in [3.05, 3.63) is 111 Å². The van der Waals surface area contributed by atoms with E-state index >= 15 is 0 Å². The van der Waals surface area contributed by atoms with Crippen molar-refractivity contribution in [1.29, 1.82) is 0 Å². The first-order valence-corrected chi connectivity index (χ1v) is 20.4. The molecule has 8 heteroatoms. The molecule has 0 aliphatic carbocycles. The van der Waals surface area contributed by atoms with Crippen molar-refractivity contribution in [2.45, 2.75) is 88.0 Å². The molecule has 5 aromatic rings. The van der Waals surface area contributed by atoms with Gasteiger partial charge in [-0.15, -0.1) is 0 Å². The molecule has 0 unspecified atom stereocenters. The molecule has 2 aromatic carbocycles. The average molecular weight is 725 g/mol. The number of hydrogen-bond donors (Lipinski definition) is 4. The fourth-order valence-electron chi connectivity index (χ4n) is 8.42. The largest absolute Gasteiger partial charge is 0.356 e. The number of rotatable bonds is 7. The van der Waals surface area contributed by atoms with Crippen LogP contribution in [0.2, 0.25) is 0 Å². The SMILES string of the molecule is CCC1=C(C)c2nc1cc1[nH]c(c(C)c1CC)c(-c1ccc(P(=O)(O)O)cc1)c1[nH]c(cc3nc(c2-c2ccc(C)cc2)C(C)=C3CC)c(CC)c1C.